The average molecular weight is 410 g/mol. The van der Waals surface area contributed by atoms with Gasteiger partial charge in [-0.25, -0.2) is 0 Å². The molecule has 0 aliphatic heterocycles. The maximum atomic E-state index is 12.3. The Balaban J connectivity index is 2.19. The van der Waals surface area contributed by atoms with Crippen molar-refractivity contribution in [3.8, 4) is 0 Å². The van der Waals surface area contributed by atoms with Crippen LogP contribution in [0.5, 0.6) is 0 Å². The Labute approximate surface area is 139 Å². The Hall–Kier alpha value is -1.73. The first-order valence-electron chi connectivity index (χ1n) is 6.80. The van der Waals surface area contributed by atoms with Crippen molar-refractivity contribution in [1.29, 1.82) is 0 Å². The second-order valence-electron chi connectivity index (χ2n) is 4.63. The van der Waals surface area contributed by atoms with Crippen LogP contribution in [0.3, 0.4) is 0 Å². The van der Waals surface area contributed by atoms with Crippen LogP contribution in [0.1, 0.15) is 15.1 Å². The summed E-state index contributed by atoms with van der Waals surface area (Å²) in [6, 6.07) is 19.1. The number of ether oxygens (including phenoxy) is 1. The molecular weight excluding hydrogens is 393 g/mol. The van der Waals surface area contributed by atoms with Crippen LogP contribution in [0, 0.1) is 0 Å². The molecule has 5 heteroatoms. The third kappa shape index (κ3) is 4.64. The Morgan fingerprint density at radius 1 is 1.05 bits per heavy atom. The van der Waals surface area contributed by atoms with E-state index in [0.29, 0.717) is 6.47 Å². The molecule has 0 radical (unpaired) electrons. The summed E-state index contributed by atoms with van der Waals surface area (Å²) >= 11 is -0.879. The van der Waals surface area contributed by atoms with Crippen molar-refractivity contribution in [1.82, 2.24) is 0 Å². The molecule has 1 unspecified atom stereocenters. The number of carbonyl (C=O) groups is 2. The summed E-state index contributed by atoms with van der Waals surface area (Å²) in [6.45, 7) is 0.260. The summed E-state index contributed by atoms with van der Waals surface area (Å²) in [7, 11) is 0. The Morgan fingerprint density at radius 3 is 2.00 bits per heavy atom. The van der Waals surface area contributed by atoms with Crippen LogP contribution in [-0.2, 0) is 14.3 Å². The van der Waals surface area contributed by atoms with Crippen LogP contribution in [0.25, 0.3) is 0 Å². The number of nitrogens with two attached hydrogens (primary N) is 1. The Morgan fingerprint density at radius 2 is 1.55 bits per heavy atom. The molecule has 0 spiro atoms. The van der Waals surface area contributed by atoms with Crippen LogP contribution in [0.15, 0.2) is 60.7 Å². The molecule has 2 aromatic carbocycles. The molecule has 1 atom stereocenters. The molecule has 0 aliphatic rings. The van der Waals surface area contributed by atoms with Gasteiger partial charge in [0, 0.05) is 0 Å². The van der Waals surface area contributed by atoms with Crippen LogP contribution >= 0.6 is 0 Å². The standard InChI is InChI=1S/C17H17INO3/c19-15(11-22-12-20)17(21)18-16(13-7-3-1-4-8-13)14-9-5-2-6-10-14/h1-10,12,15-16H,11,19H2/q-1. The monoisotopic (exact) mass is 410 g/mol. The van der Waals surface area contributed by atoms with Crippen molar-refractivity contribution in [2.24, 2.45) is 5.73 Å². The molecule has 0 aliphatic carbocycles. The molecule has 22 heavy (non-hydrogen) atoms. The molecule has 2 N–H and O–H groups in total. The molecule has 2 rings (SSSR count). The van der Waals surface area contributed by atoms with Gasteiger partial charge in [-0.05, 0) is 0 Å². The van der Waals surface area contributed by atoms with Gasteiger partial charge in [-0.2, -0.15) is 0 Å². The summed E-state index contributed by atoms with van der Waals surface area (Å²) < 4.78 is 4.64. The van der Waals surface area contributed by atoms with E-state index in [2.05, 4.69) is 4.74 Å². The van der Waals surface area contributed by atoms with Crippen molar-refractivity contribution >= 4 is 10.3 Å². The summed E-state index contributed by atoms with van der Waals surface area (Å²) in [5.74, 6) is 0. The van der Waals surface area contributed by atoms with Crippen LogP contribution < -0.4 is 26.9 Å². The van der Waals surface area contributed by atoms with Gasteiger partial charge in [0.1, 0.15) is 0 Å². The van der Waals surface area contributed by atoms with Gasteiger partial charge in [-0.3, -0.25) is 0 Å². The average Bonchev–Trinajstić information content (AvgIpc) is 2.58. The van der Waals surface area contributed by atoms with Crippen LogP contribution in [0.2, 0.25) is 0 Å². The van der Waals surface area contributed by atoms with E-state index in [1.807, 2.05) is 60.7 Å². The summed E-state index contributed by atoms with van der Waals surface area (Å²) in [6.07, 6.45) is 0. The van der Waals surface area contributed by atoms with E-state index in [0.717, 1.165) is 11.1 Å². The predicted octanol–water partition coefficient (Wildman–Crippen LogP) is -1.11. The molecule has 0 heterocycles. The molecule has 0 saturated heterocycles. The van der Waals surface area contributed by atoms with Gasteiger partial charge in [0.05, 0.1) is 0 Å². The first-order valence-corrected chi connectivity index (χ1v) is 9.12. The molecular formula is C17H17INO3-. The van der Waals surface area contributed by atoms with Gasteiger partial charge >= 0.3 is 140 Å². The second kappa shape index (κ2) is 8.65. The number of carbonyl (C=O) groups excluding carboxylic acids is 2. The SMILES string of the molecule is NC(COC=O)C(=O)[I-]C(c1ccccc1)c1ccccc1. The molecule has 116 valence electrons. The van der Waals surface area contributed by atoms with Crippen molar-refractivity contribution < 1.29 is 35.5 Å². The van der Waals surface area contributed by atoms with Crippen LogP contribution in [0.4, 0.5) is 0 Å². The number of alkyl halides is 1. The summed E-state index contributed by atoms with van der Waals surface area (Å²) in [5.41, 5.74) is 8.02. The van der Waals surface area contributed by atoms with Crippen molar-refractivity contribution in [2.45, 2.75) is 9.97 Å². The fourth-order valence-corrected chi connectivity index (χ4v) is 4.76. The molecule has 0 amide bonds. The predicted molar refractivity (Wildman–Crippen MR) is 79.7 cm³/mol. The number of halogens is 1. The number of rotatable bonds is 8. The summed E-state index contributed by atoms with van der Waals surface area (Å²) in [4.78, 5) is 22.6. The third-order valence-corrected chi connectivity index (χ3v) is 6.51. The van der Waals surface area contributed by atoms with Gasteiger partial charge in [0.15, 0.2) is 0 Å². The zero-order valence-electron chi connectivity index (χ0n) is 11.9. The van der Waals surface area contributed by atoms with Gasteiger partial charge in [0.25, 0.3) is 0 Å². The molecule has 4 nitrogen and oxygen atoms in total. The fraction of sp³-hybridized carbons (Fsp3) is 0.176. The Bertz CT molecular complexity index is 564. The van der Waals surface area contributed by atoms with Crippen LogP contribution in [-0.4, -0.2) is 22.9 Å². The quantitative estimate of drug-likeness (QED) is 0.260. The molecule has 0 saturated carbocycles. The van der Waals surface area contributed by atoms with E-state index in [1.54, 1.807) is 0 Å². The number of hydrogen-bond donors (Lipinski definition) is 1. The van der Waals surface area contributed by atoms with Crippen molar-refractivity contribution in [2.75, 3.05) is 6.61 Å². The molecule has 0 aromatic heterocycles. The van der Waals surface area contributed by atoms with Crippen molar-refractivity contribution in [3.05, 3.63) is 71.8 Å². The van der Waals surface area contributed by atoms with Gasteiger partial charge in [0.2, 0.25) is 0 Å². The number of benzene rings is 2. The second-order valence-corrected chi connectivity index (χ2v) is 7.56. The minimum absolute atomic E-state index is 0.0154. The maximum absolute atomic E-state index is 12.3. The van der Waals surface area contributed by atoms with E-state index in [-0.39, 0.29) is 14.3 Å². The first-order chi connectivity index (χ1) is 10.7. The first kappa shape index (κ1) is 16.6. The van der Waals surface area contributed by atoms with Gasteiger partial charge in [-0.1, -0.05) is 0 Å². The minimum atomic E-state index is -0.879. The normalized spacial score (nSPS) is 12.1. The zero-order valence-corrected chi connectivity index (χ0v) is 14.1. The van der Waals surface area contributed by atoms with E-state index < -0.39 is 27.2 Å². The molecule has 2 aromatic rings. The van der Waals surface area contributed by atoms with E-state index in [4.69, 9.17) is 5.73 Å². The van der Waals surface area contributed by atoms with Gasteiger partial charge in [-0.15, -0.1) is 0 Å². The van der Waals surface area contributed by atoms with E-state index >= 15 is 0 Å². The third-order valence-electron chi connectivity index (χ3n) is 3.04. The van der Waals surface area contributed by atoms with E-state index in [1.165, 1.54) is 0 Å². The topological polar surface area (TPSA) is 69.4 Å². The van der Waals surface area contributed by atoms with Crippen molar-refractivity contribution in [3.63, 3.8) is 0 Å². The van der Waals surface area contributed by atoms with Gasteiger partial charge < -0.3 is 0 Å². The molecule has 0 fully saturated rings. The molecule has 0 bridgehead atoms. The number of hydrogen-bond acceptors (Lipinski definition) is 4. The summed E-state index contributed by atoms with van der Waals surface area (Å²) in [5, 5.41) is 0. The Kier molecular flexibility index (Phi) is 6.54. The fourth-order valence-electron chi connectivity index (χ4n) is 1.96. The zero-order chi connectivity index (χ0) is 15.8. The van der Waals surface area contributed by atoms with E-state index in [9.17, 15) is 9.59 Å².